The second kappa shape index (κ2) is 11.9. The molecule has 33 heavy (non-hydrogen) atoms. The van der Waals surface area contributed by atoms with Gasteiger partial charge >= 0.3 is 23.9 Å². The SMILES string of the molecule is CC(=O)OC[C@H]1O[C@@H](Sc2ccc(N(C)C)cc2)[C@H](OC(C)=O)[C@@H](OC(C)=O)[C@@H]1OC(C)=O. The molecule has 10 nitrogen and oxygen atoms in total. The lowest BCUT2D eigenvalue weighted by molar-refractivity contribution is -0.237. The van der Waals surface area contributed by atoms with Crippen LogP contribution >= 0.6 is 11.8 Å². The zero-order valence-corrected chi connectivity index (χ0v) is 20.2. The van der Waals surface area contributed by atoms with Gasteiger partial charge in [0.1, 0.15) is 18.1 Å². The van der Waals surface area contributed by atoms with E-state index >= 15 is 0 Å². The molecule has 182 valence electrons. The Hall–Kier alpha value is -2.79. The standard InChI is InChI=1S/C22H29NO9S/c1-12(24)28-11-18-19(29-13(2)25)20(30-14(3)26)21(31-15(4)27)22(32-18)33-17-9-7-16(8-10-17)23(5)6/h7-10,18-22H,11H2,1-6H3/t18-,19-,20+,21-,22+/m1/s1. The maximum absolute atomic E-state index is 11.9. The van der Waals surface area contributed by atoms with Gasteiger partial charge in [0.15, 0.2) is 18.3 Å². The summed E-state index contributed by atoms with van der Waals surface area (Å²) in [5.74, 6) is -2.52. The summed E-state index contributed by atoms with van der Waals surface area (Å²) in [6.07, 6.45) is -4.40. The molecule has 0 aliphatic carbocycles. The fourth-order valence-electron chi connectivity index (χ4n) is 3.24. The van der Waals surface area contributed by atoms with Gasteiger partial charge in [0.2, 0.25) is 0 Å². The molecule has 1 aliphatic heterocycles. The van der Waals surface area contributed by atoms with E-state index in [1.165, 1.54) is 39.5 Å². The summed E-state index contributed by atoms with van der Waals surface area (Å²) >= 11 is 1.23. The van der Waals surface area contributed by atoms with Gasteiger partial charge in [-0.2, -0.15) is 0 Å². The van der Waals surface area contributed by atoms with Gasteiger partial charge in [-0.15, -0.1) is 0 Å². The maximum Gasteiger partial charge on any atom is 0.303 e. The highest BCUT2D eigenvalue weighted by atomic mass is 32.2. The molecule has 0 radical (unpaired) electrons. The highest BCUT2D eigenvalue weighted by Gasteiger charge is 2.52. The number of esters is 4. The number of carbonyl (C=O) groups excluding carboxylic acids is 4. The number of ether oxygens (including phenoxy) is 5. The molecule has 1 aromatic carbocycles. The normalized spacial score (nSPS) is 24.4. The zero-order valence-electron chi connectivity index (χ0n) is 19.4. The van der Waals surface area contributed by atoms with Gasteiger partial charge in [-0.05, 0) is 24.3 Å². The van der Waals surface area contributed by atoms with E-state index in [1.807, 2.05) is 43.3 Å². The van der Waals surface area contributed by atoms with Gasteiger partial charge in [-0.3, -0.25) is 19.2 Å². The molecule has 1 fully saturated rings. The second-order valence-electron chi connectivity index (χ2n) is 7.57. The van der Waals surface area contributed by atoms with E-state index in [0.717, 1.165) is 10.6 Å². The molecular weight excluding hydrogens is 454 g/mol. The van der Waals surface area contributed by atoms with Crippen LogP contribution in [0.3, 0.4) is 0 Å². The minimum Gasteiger partial charge on any atom is -0.463 e. The molecule has 0 amide bonds. The summed E-state index contributed by atoms with van der Waals surface area (Å²) in [7, 11) is 3.84. The third-order valence-corrected chi connectivity index (χ3v) is 5.71. The quantitative estimate of drug-likeness (QED) is 0.399. The Morgan fingerprint density at radius 2 is 1.33 bits per heavy atom. The summed E-state index contributed by atoms with van der Waals surface area (Å²) in [4.78, 5) is 49.7. The van der Waals surface area contributed by atoms with Crippen molar-refractivity contribution >= 4 is 41.3 Å². The van der Waals surface area contributed by atoms with Gasteiger partial charge in [0, 0.05) is 52.4 Å². The molecule has 0 saturated carbocycles. The Morgan fingerprint density at radius 3 is 1.82 bits per heavy atom. The summed E-state index contributed by atoms with van der Waals surface area (Å²) in [5, 5.41) is 0. The van der Waals surface area contributed by atoms with Crippen LogP contribution in [-0.4, -0.2) is 74.4 Å². The van der Waals surface area contributed by atoms with Crippen LogP contribution in [0.15, 0.2) is 29.2 Å². The molecule has 0 bridgehead atoms. The molecule has 1 aliphatic rings. The van der Waals surface area contributed by atoms with Crippen molar-refractivity contribution in [1.29, 1.82) is 0 Å². The number of rotatable bonds is 8. The van der Waals surface area contributed by atoms with Crippen molar-refractivity contribution in [3.05, 3.63) is 24.3 Å². The second-order valence-corrected chi connectivity index (χ2v) is 8.75. The van der Waals surface area contributed by atoms with Crippen molar-refractivity contribution in [1.82, 2.24) is 0 Å². The number of hydrogen-bond donors (Lipinski definition) is 0. The number of carbonyl (C=O) groups is 4. The monoisotopic (exact) mass is 483 g/mol. The predicted molar refractivity (Wildman–Crippen MR) is 119 cm³/mol. The van der Waals surface area contributed by atoms with Gasteiger partial charge in [-0.1, -0.05) is 11.8 Å². The molecule has 0 unspecified atom stereocenters. The van der Waals surface area contributed by atoms with Crippen molar-refractivity contribution in [3.8, 4) is 0 Å². The lowest BCUT2D eigenvalue weighted by Crippen LogP contribution is -2.61. The highest BCUT2D eigenvalue weighted by Crippen LogP contribution is 2.38. The van der Waals surface area contributed by atoms with Gasteiger partial charge in [-0.25, -0.2) is 0 Å². The molecule has 1 aromatic rings. The average Bonchev–Trinajstić information content (AvgIpc) is 2.70. The summed E-state index contributed by atoms with van der Waals surface area (Å²) < 4.78 is 27.4. The summed E-state index contributed by atoms with van der Waals surface area (Å²) in [6.45, 7) is 4.56. The first-order valence-electron chi connectivity index (χ1n) is 10.2. The third-order valence-electron chi connectivity index (χ3n) is 4.55. The Morgan fingerprint density at radius 1 is 0.818 bits per heavy atom. The average molecular weight is 484 g/mol. The van der Waals surface area contributed by atoms with Crippen LogP contribution in [0.5, 0.6) is 0 Å². The van der Waals surface area contributed by atoms with Gasteiger partial charge < -0.3 is 28.6 Å². The summed E-state index contributed by atoms with van der Waals surface area (Å²) in [6, 6.07) is 7.56. The van der Waals surface area contributed by atoms with Crippen LogP contribution in [0.25, 0.3) is 0 Å². The van der Waals surface area contributed by atoms with Crippen LogP contribution in [0.1, 0.15) is 27.7 Å². The number of nitrogens with zero attached hydrogens (tertiary/aromatic N) is 1. The Labute approximate surface area is 196 Å². The van der Waals surface area contributed by atoms with Crippen molar-refractivity contribution in [3.63, 3.8) is 0 Å². The van der Waals surface area contributed by atoms with Crippen LogP contribution in [0, 0.1) is 0 Å². The number of benzene rings is 1. The molecule has 0 aromatic heterocycles. The lowest BCUT2D eigenvalue weighted by atomic mass is 9.99. The van der Waals surface area contributed by atoms with E-state index < -0.39 is 53.7 Å². The van der Waals surface area contributed by atoms with Crippen molar-refractivity contribution in [2.75, 3.05) is 25.6 Å². The molecule has 1 saturated heterocycles. The highest BCUT2D eigenvalue weighted by molar-refractivity contribution is 7.99. The molecule has 11 heteroatoms. The zero-order chi connectivity index (χ0) is 24.7. The van der Waals surface area contributed by atoms with Crippen molar-refractivity contribution in [2.45, 2.75) is 62.4 Å². The molecular formula is C22H29NO9S. The van der Waals surface area contributed by atoms with E-state index in [2.05, 4.69) is 0 Å². The Bertz CT molecular complexity index is 858. The molecule has 0 spiro atoms. The fraction of sp³-hybridized carbons (Fsp3) is 0.545. The van der Waals surface area contributed by atoms with Gasteiger partial charge in [0.25, 0.3) is 0 Å². The number of anilines is 1. The third kappa shape index (κ3) is 7.93. The fourth-order valence-corrected chi connectivity index (χ4v) is 4.34. The van der Waals surface area contributed by atoms with Gasteiger partial charge in [0.05, 0.1) is 0 Å². The minimum atomic E-state index is -1.18. The van der Waals surface area contributed by atoms with Crippen LogP contribution in [-0.2, 0) is 42.9 Å². The Balaban J connectivity index is 2.42. The lowest BCUT2D eigenvalue weighted by Gasteiger charge is -2.44. The van der Waals surface area contributed by atoms with E-state index in [4.69, 9.17) is 23.7 Å². The largest absolute Gasteiger partial charge is 0.463 e. The molecule has 0 N–H and O–H groups in total. The summed E-state index contributed by atoms with van der Waals surface area (Å²) in [5.41, 5.74) is 0.136. The Kier molecular flexibility index (Phi) is 9.54. The first kappa shape index (κ1) is 26.5. The minimum absolute atomic E-state index is 0.255. The number of thioether (sulfide) groups is 1. The van der Waals surface area contributed by atoms with E-state index in [-0.39, 0.29) is 6.61 Å². The first-order chi connectivity index (χ1) is 15.5. The maximum atomic E-state index is 11.9. The molecule has 2 rings (SSSR count). The first-order valence-corrected chi connectivity index (χ1v) is 11.1. The van der Waals surface area contributed by atoms with E-state index in [0.29, 0.717) is 0 Å². The van der Waals surface area contributed by atoms with Crippen LogP contribution in [0.2, 0.25) is 0 Å². The smallest absolute Gasteiger partial charge is 0.303 e. The molecule has 5 atom stereocenters. The molecule has 1 heterocycles. The van der Waals surface area contributed by atoms with Crippen molar-refractivity contribution < 1.29 is 42.9 Å². The van der Waals surface area contributed by atoms with Crippen molar-refractivity contribution in [2.24, 2.45) is 0 Å². The van der Waals surface area contributed by atoms with E-state index in [1.54, 1.807) is 0 Å². The topological polar surface area (TPSA) is 118 Å². The predicted octanol–water partition coefficient (Wildman–Crippen LogP) is 1.93. The van der Waals surface area contributed by atoms with Crippen LogP contribution in [0.4, 0.5) is 5.69 Å². The number of hydrogen-bond acceptors (Lipinski definition) is 11. The van der Waals surface area contributed by atoms with Crippen LogP contribution < -0.4 is 4.90 Å². The van der Waals surface area contributed by atoms with E-state index in [9.17, 15) is 19.2 Å².